The van der Waals surface area contributed by atoms with Crippen molar-refractivity contribution in [1.29, 1.82) is 0 Å². The molecule has 0 fully saturated rings. The summed E-state index contributed by atoms with van der Waals surface area (Å²) >= 11 is 0. The van der Waals surface area contributed by atoms with Crippen LogP contribution < -0.4 is 5.32 Å². The molecule has 1 unspecified atom stereocenters. The van der Waals surface area contributed by atoms with Gasteiger partial charge in [0, 0.05) is 6.54 Å². The molecule has 0 amide bonds. The van der Waals surface area contributed by atoms with Crippen molar-refractivity contribution in [3.63, 3.8) is 0 Å². The van der Waals surface area contributed by atoms with E-state index < -0.39 is 0 Å². The van der Waals surface area contributed by atoms with Crippen molar-refractivity contribution in [2.75, 3.05) is 13.1 Å². The summed E-state index contributed by atoms with van der Waals surface area (Å²) in [5.41, 5.74) is 0. The van der Waals surface area contributed by atoms with Gasteiger partial charge < -0.3 is 10.1 Å². The van der Waals surface area contributed by atoms with Crippen LogP contribution in [0.25, 0.3) is 0 Å². The molecule has 0 bridgehead atoms. The molecular weight excluding hydrogens is 126 g/mol. The van der Waals surface area contributed by atoms with Gasteiger partial charge in [-0.25, -0.2) is 0 Å². The van der Waals surface area contributed by atoms with Crippen molar-refractivity contribution < 1.29 is 4.74 Å². The van der Waals surface area contributed by atoms with Gasteiger partial charge in [-0.15, -0.1) is 0 Å². The quantitative estimate of drug-likeness (QED) is 0.639. The van der Waals surface area contributed by atoms with Gasteiger partial charge in [0.2, 0.25) is 0 Å². The molecule has 0 radical (unpaired) electrons. The summed E-state index contributed by atoms with van der Waals surface area (Å²) in [4.78, 5) is 0. The van der Waals surface area contributed by atoms with E-state index >= 15 is 0 Å². The molecule has 0 aliphatic carbocycles. The lowest BCUT2D eigenvalue weighted by molar-refractivity contribution is 0.123. The van der Waals surface area contributed by atoms with Crippen molar-refractivity contribution in [2.24, 2.45) is 0 Å². The fraction of sp³-hybridized carbons (Fsp3) is 0.750. The van der Waals surface area contributed by atoms with Crippen LogP contribution in [0.2, 0.25) is 0 Å². The fourth-order valence-electron chi connectivity index (χ4n) is 1.04. The second-order valence-corrected chi connectivity index (χ2v) is 2.51. The van der Waals surface area contributed by atoms with Crippen molar-refractivity contribution in [3.05, 3.63) is 12.3 Å². The van der Waals surface area contributed by atoms with Crippen molar-refractivity contribution in [2.45, 2.75) is 25.9 Å². The van der Waals surface area contributed by atoms with E-state index in [1.807, 2.05) is 6.26 Å². The van der Waals surface area contributed by atoms with E-state index in [-0.39, 0.29) is 0 Å². The molecule has 0 saturated carbocycles. The molecule has 1 rings (SSSR count). The first kappa shape index (κ1) is 7.61. The third-order valence-electron chi connectivity index (χ3n) is 1.64. The standard InChI is InChI=1S/C8H15NO/c1-2-9-7-8-5-3-4-6-10-8/h4,6,8-9H,2-3,5,7H2,1H3. The number of nitrogens with one attached hydrogen (secondary N) is 1. The van der Waals surface area contributed by atoms with Crippen LogP contribution in [0.5, 0.6) is 0 Å². The molecular formula is C8H15NO. The van der Waals surface area contributed by atoms with E-state index in [1.54, 1.807) is 0 Å². The van der Waals surface area contributed by atoms with Crippen LogP contribution in [0.15, 0.2) is 12.3 Å². The van der Waals surface area contributed by atoms with Crippen LogP contribution in [-0.2, 0) is 4.74 Å². The zero-order chi connectivity index (χ0) is 7.23. The Morgan fingerprint density at radius 2 is 2.60 bits per heavy atom. The lowest BCUT2D eigenvalue weighted by Gasteiger charge is -2.18. The van der Waals surface area contributed by atoms with Gasteiger partial charge in [0.05, 0.1) is 6.26 Å². The molecule has 0 saturated heterocycles. The number of hydrogen-bond acceptors (Lipinski definition) is 2. The Morgan fingerprint density at radius 3 is 3.20 bits per heavy atom. The minimum absolute atomic E-state index is 0.407. The molecule has 0 aromatic rings. The smallest absolute Gasteiger partial charge is 0.110 e. The molecule has 2 nitrogen and oxygen atoms in total. The summed E-state index contributed by atoms with van der Waals surface area (Å²) in [6, 6.07) is 0. The molecule has 1 aliphatic heterocycles. The van der Waals surface area contributed by atoms with Gasteiger partial charge in [0.15, 0.2) is 0 Å². The predicted molar refractivity (Wildman–Crippen MR) is 41.8 cm³/mol. The maximum atomic E-state index is 5.34. The highest BCUT2D eigenvalue weighted by atomic mass is 16.5. The van der Waals surface area contributed by atoms with Gasteiger partial charge in [-0.05, 0) is 25.5 Å². The highest BCUT2D eigenvalue weighted by Gasteiger charge is 2.08. The monoisotopic (exact) mass is 141 g/mol. The Bertz CT molecular complexity index is 112. The van der Waals surface area contributed by atoms with Crippen LogP contribution in [0.4, 0.5) is 0 Å². The first-order valence-electron chi connectivity index (χ1n) is 3.94. The minimum Gasteiger partial charge on any atom is -0.497 e. The van der Waals surface area contributed by atoms with Crippen LogP contribution >= 0.6 is 0 Å². The number of allylic oxidation sites excluding steroid dienone is 1. The van der Waals surface area contributed by atoms with Crippen LogP contribution in [0, 0.1) is 0 Å². The lowest BCUT2D eigenvalue weighted by atomic mass is 10.1. The van der Waals surface area contributed by atoms with E-state index in [2.05, 4.69) is 18.3 Å². The summed E-state index contributed by atoms with van der Waals surface area (Å²) in [6.45, 7) is 4.13. The van der Waals surface area contributed by atoms with Crippen LogP contribution in [0.1, 0.15) is 19.8 Å². The molecule has 1 aliphatic rings. The average Bonchev–Trinajstić information content (AvgIpc) is 2.03. The van der Waals surface area contributed by atoms with Crippen LogP contribution in [-0.4, -0.2) is 19.2 Å². The molecule has 2 heteroatoms. The molecule has 0 aromatic heterocycles. The number of hydrogen-bond donors (Lipinski definition) is 1. The predicted octanol–water partition coefficient (Wildman–Crippen LogP) is 1.29. The van der Waals surface area contributed by atoms with Crippen molar-refractivity contribution >= 4 is 0 Å². The average molecular weight is 141 g/mol. The maximum absolute atomic E-state index is 5.34. The molecule has 1 atom stereocenters. The normalized spacial score (nSPS) is 24.3. The molecule has 0 aromatic carbocycles. The molecule has 1 N–H and O–H groups in total. The first-order valence-corrected chi connectivity index (χ1v) is 3.94. The Morgan fingerprint density at radius 1 is 1.70 bits per heavy atom. The summed E-state index contributed by atoms with van der Waals surface area (Å²) in [5.74, 6) is 0. The third kappa shape index (κ3) is 2.40. The van der Waals surface area contributed by atoms with Gasteiger partial charge in [0.25, 0.3) is 0 Å². The maximum Gasteiger partial charge on any atom is 0.110 e. The van der Waals surface area contributed by atoms with E-state index in [1.165, 1.54) is 0 Å². The molecule has 10 heavy (non-hydrogen) atoms. The summed E-state index contributed by atoms with van der Waals surface area (Å²) in [7, 11) is 0. The highest BCUT2D eigenvalue weighted by Crippen LogP contribution is 2.08. The van der Waals surface area contributed by atoms with Crippen molar-refractivity contribution in [3.8, 4) is 0 Å². The van der Waals surface area contributed by atoms with E-state index in [0.717, 1.165) is 25.9 Å². The molecule has 0 spiro atoms. The number of ether oxygens (including phenoxy) is 1. The zero-order valence-electron chi connectivity index (χ0n) is 6.47. The number of likely N-dealkylation sites (N-methyl/N-ethyl adjacent to an activating group) is 1. The fourth-order valence-corrected chi connectivity index (χ4v) is 1.04. The Hall–Kier alpha value is -0.500. The summed E-state index contributed by atoms with van der Waals surface area (Å²) < 4.78 is 5.34. The van der Waals surface area contributed by atoms with Crippen LogP contribution in [0.3, 0.4) is 0 Å². The second kappa shape index (κ2) is 4.34. The minimum atomic E-state index is 0.407. The van der Waals surface area contributed by atoms with Gasteiger partial charge in [-0.2, -0.15) is 0 Å². The Balaban J connectivity index is 2.10. The SMILES string of the molecule is CCNCC1CCC=CO1. The molecule has 1 heterocycles. The van der Waals surface area contributed by atoms with E-state index in [0.29, 0.717) is 6.10 Å². The topological polar surface area (TPSA) is 21.3 Å². The zero-order valence-corrected chi connectivity index (χ0v) is 6.47. The first-order chi connectivity index (χ1) is 4.93. The Labute approximate surface area is 62.3 Å². The second-order valence-electron chi connectivity index (χ2n) is 2.51. The molecule has 58 valence electrons. The van der Waals surface area contributed by atoms with Gasteiger partial charge in [-0.1, -0.05) is 6.92 Å². The van der Waals surface area contributed by atoms with Gasteiger partial charge >= 0.3 is 0 Å². The van der Waals surface area contributed by atoms with Crippen molar-refractivity contribution in [1.82, 2.24) is 5.32 Å². The number of rotatable bonds is 3. The highest BCUT2D eigenvalue weighted by molar-refractivity contribution is 4.82. The lowest BCUT2D eigenvalue weighted by Crippen LogP contribution is -2.28. The summed E-state index contributed by atoms with van der Waals surface area (Å²) in [5, 5.41) is 3.26. The van der Waals surface area contributed by atoms with E-state index in [4.69, 9.17) is 4.74 Å². The largest absolute Gasteiger partial charge is 0.497 e. The summed E-state index contributed by atoms with van der Waals surface area (Å²) in [6.07, 6.45) is 6.61. The van der Waals surface area contributed by atoms with E-state index in [9.17, 15) is 0 Å². The third-order valence-corrected chi connectivity index (χ3v) is 1.64. The Kier molecular flexibility index (Phi) is 3.30. The van der Waals surface area contributed by atoms with Gasteiger partial charge in [-0.3, -0.25) is 0 Å². The van der Waals surface area contributed by atoms with Gasteiger partial charge in [0.1, 0.15) is 6.10 Å².